The third-order valence-corrected chi connectivity index (χ3v) is 4.50. The summed E-state index contributed by atoms with van der Waals surface area (Å²) < 4.78 is 8.80. The fraction of sp³-hybridized carbons (Fsp3) is 0.200. The van der Waals surface area contributed by atoms with Crippen molar-refractivity contribution in [3.05, 3.63) is 109 Å². The molecule has 0 N–H and O–H groups in total. The van der Waals surface area contributed by atoms with E-state index in [0.717, 1.165) is 0 Å². The molecule has 0 amide bonds. The maximum Gasteiger partial charge on any atom is 2.00 e. The number of rotatable bonds is 2. The van der Waals surface area contributed by atoms with E-state index in [1.54, 1.807) is 0 Å². The van der Waals surface area contributed by atoms with Crippen molar-refractivity contribution in [3.63, 3.8) is 0 Å². The Morgan fingerprint density at radius 1 is 0.806 bits per heavy atom. The van der Waals surface area contributed by atoms with Gasteiger partial charge >= 0.3 is 39.6 Å². The minimum absolute atomic E-state index is 0. The van der Waals surface area contributed by atoms with Crippen LogP contribution in [0.4, 0.5) is 0 Å². The van der Waals surface area contributed by atoms with E-state index in [9.17, 15) is 9.59 Å². The summed E-state index contributed by atoms with van der Waals surface area (Å²) in [5.41, 5.74) is 3.75. The number of carbonyl (C=O) groups is 2. The predicted molar refractivity (Wildman–Crippen MR) is 111 cm³/mol. The van der Waals surface area contributed by atoms with Crippen LogP contribution in [0.15, 0.2) is 72.8 Å². The first-order chi connectivity index (χ1) is 13.8. The Labute approximate surface area is 211 Å². The van der Waals surface area contributed by atoms with Crippen molar-refractivity contribution in [2.24, 2.45) is 0 Å². The van der Waals surface area contributed by atoms with Crippen LogP contribution in [0.1, 0.15) is 37.8 Å². The van der Waals surface area contributed by atoms with Gasteiger partial charge in [0.15, 0.2) is 0 Å². The van der Waals surface area contributed by atoms with Crippen molar-refractivity contribution >= 4 is 11.9 Å². The topological polar surface area (TPSA) is 52.6 Å². The van der Waals surface area contributed by atoms with Crippen LogP contribution in [0.25, 0.3) is 0 Å². The van der Waals surface area contributed by atoms with Crippen molar-refractivity contribution in [1.29, 1.82) is 0 Å². The van der Waals surface area contributed by atoms with Crippen LogP contribution in [0.3, 0.4) is 0 Å². The van der Waals surface area contributed by atoms with Gasteiger partial charge in [0, 0.05) is 11.1 Å². The molecular formula is C25H24O4VW. The zero-order chi connectivity index (χ0) is 21.3. The molecule has 0 aromatic heterocycles. The first-order valence-corrected chi connectivity index (χ1v) is 9.16. The Morgan fingerprint density at radius 3 is 1.32 bits per heavy atom. The molecule has 0 bridgehead atoms. The van der Waals surface area contributed by atoms with Gasteiger partial charge in [-0.25, -0.2) is 9.59 Å². The van der Waals surface area contributed by atoms with E-state index in [4.69, 9.17) is 0 Å². The Balaban J connectivity index is 0.000000475. The molecule has 4 nitrogen and oxygen atoms in total. The fourth-order valence-electron chi connectivity index (χ4n) is 2.54. The number of ether oxygens (including phenoxy) is 2. The van der Waals surface area contributed by atoms with Crippen molar-refractivity contribution in [1.82, 2.24) is 0 Å². The van der Waals surface area contributed by atoms with Gasteiger partial charge in [0.25, 0.3) is 11.9 Å². The van der Waals surface area contributed by atoms with E-state index < -0.39 is 0 Å². The molecule has 0 spiro atoms. The average Bonchev–Trinajstić information content (AvgIpc) is 3.31. The largest absolute Gasteiger partial charge is 2.00 e. The zero-order valence-corrected chi connectivity index (χ0v) is 21.9. The summed E-state index contributed by atoms with van der Waals surface area (Å²) in [7, 11) is 0. The molecule has 6 heteroatoms. The minimum atomic E-state index is -0.292. The van der Waals surface area contributed by atoms with Gasteiger partial charge in [0.1, 0.15) is 0 Å². The van der Waals surface area contributed by atoms with Crippen molar-refractivity contribution in [3.8, 4) is 0 Å². The second kappa shape index (κ2) is 14.2. The average molecular weight is 623 g/mol. The maximum absolute atomic E-state index is 10.2. The Bertz CT molecular complexity index is 764. The zero-order valence-electron chi connectivity index (χ0n) is 17.6. The van der Waals surface area contributed by atoms with E-state index in [2.05, 4.69) is 72.9 Å². The second-order valence-corrected chi connectivity index (χ2v) is 6.96. The van der Waals surface area contributed by atoms with Crippen LogP contribution in [0.2, 0.25) is 0 Å². The SMILES string of the molecule is C=C1C[CH-]OC1=O.C=C1C[CH-]OC1=O.CC(C)(c1cc[c-]cc1)c1cc[c-]cc1.[V+2].[W+2]. The van der Waals surface area contributed by atoms with E-state index in [1.165, 1.54) is 24.3 Å². The number of carbonyl (C=O) groups excluding carboxylic acids is 2. The van der Waals surface area contributed by atoms with Gasteiger partial charge < -0.3 is 9.47 Å². The Hall–Kier alpha value is -1.87. The molecule has 31 heavy (non-hydrogen) atoms. The van der Waals surface area contributed by atoms with Gasteiger partial charge in [-0.2, -0.15) is 73.9 Å². The first-order valence-electron chi connectivity index (χ1n) is 9.16. The van der Waals surface area contributed by atoms with Gasteiger partial charge in [-0.15, -0.1) is 24.0 Å². The third kappa shape index (κ3) is 9.03. The van der Waals surface area contributed by atoms with Gasteiger partial charge in [-0.3, -0.25) is 0 Å². The fourth-order valence-corrected chi connectivity index (χ4v) is 2.54. The van der Waals surface area contributed by atoms with Crippen molar-refractivity contribution < 1.29 is 58.7 Å². The molecule has 2 heterocycles. The van der Waals surface area contributed by atoms with E-state index >= 15 is 0 Å². The molecule has 2 aromatic carbocycles. The number of benzene rings is 2. The molecule has 2 aliphatic heterocycles. The molecule has 159 valence electrons. The molecule has 0 saturated carbocycles. The van der Waals surface area contributed by atoms with Crippen LogP contribution in [-0.4, -0.2) is 11.9 Å². The summed E-state index contributed by atoms with van der Waals surface area (Å²) >= 11 is 0. The molecule has 2 saturated heterocycles. The molecule has 0 unspecified atom stereocenters. The van der Waals surface area contributed by atoms with Gasteiger partial charge in [-0.05, 0) is 5.41 Å². The Morgan fingerprint density at radius 2 is 1.13 bits per heavy atom. The minimum Gasteiger partial charge on any atom is -0.633 e. The van der Waals surface area contributed by atoms with Crippen molar-refractivity contribution in [2.45, 2.75) is 32.1 Å². The molecule has 1 radical (unpaired) electrons. The summed E-state index contributed by atoms with van der Waals surface area (Å²) in [4.78, 5) is 20.4. The summed E-state index contributed by atoms with van der Waals surface area (Å²) in [6.45, 7) is 14.2. The molecule has 0 aliphatic carbocycles. The Kier molecular flexibility index (Phi) is 13.4. The monoisotopic (exact) mass is 623 g/mol. The van der Waals surface area contributed by atoms with E-state index in [-0.39, 0.29) is 57.0 Å². The third-order valence-electron chi connectivity index (χ3n) is 4.50. The summed E-state index contributed by atoms with van der Waals surface area (Å²) in [6, 6.07) is 22.4. The number of hydrogen-bond acceptors (Lipinski definition) is 4. The summed E-state index contributed by atoms with van der Waals surface area (Å²) in [5, 5.41) is 0. The standard InChI is InChI=1S/C15H14.2C5H5O2.V.W/c1-15(2,13-9-5-3-6-10-13)14-11-7-4-8-12-14;2*1-4-2-3-7-5(4)6;;/h5-12H,1-2H3;2*3H,1-2H2;;/q-2;2*-1;2*+2. The van der Waals surface area contributed by atoms with Crippen LogP contribution in [0.5, 0.6) is 0 Å². The molecule has 2 aliphatic rings. The maximum atomic E-state index is 10.2. The van der Waals surface area contributed by atoms with Gasteiger partial charge in [0.05, 0.1) is 0 Å². The molecule has 4 rings (SSSR count). The normalized spacial score (nSPS) is 14.5. The van der Waals surface area contributed by atoms with Crippen LogP contribution >= 0.6 is 0 Å². The smallest absolute Gasteiger partial charge is 0.633 e. The first kappa shape index (κ1) is 29.1. The summed E-state index contributed by atoms with van der Waals surface area (Å²) in [5.74, 6) is -0.583. The van der Waals surface area contributed by atoms with Gasteiger partial charge in [-0.1, -0.05) is 27.0 Å². The van der Waals surface area contributed by atoms with E-state index in [0.29, 0.717) is 24.0 Å². The van der Waals surface area contributed by atoms with E-state index in [1.807, 2.05) is 24.3 Å². The van der Waals surface area contributed by atoms with Gasteiger partial charge in [0.2, 0.25) is 0 Å². The quantitative estimate of drug-likeness (QED) is 0.271. The molecule has 0 atom stereocenters. The molecule has 2 aromatic rings. The van der Waals surface area contributed by atoms with Crippen LogP contribution in [0, 0.1) is 25.3 Å². The predicted octanol–water partition coefficient (Wildman–Crippen LogP) is 4.91. The van der Waals surface area contributed by atoms with Crippen molar-refractivity contribution in [2.75, 3.05) is 0 Å². The van der Waals surface area contributed by atoms with Crippen LogP contribution < -0.4 is 0 Å². The molecule has 2 fully saturated rings. The number of esters is 2. The summed E-state index contributed by atoms with van der Waals surface area (Å²) in [6.07, 6.45) is 1.16. The number of hydrogen-bond donors (Lipinski definition) is 0. The van der Waals surface area contributed by atoms with Crippen LogP contribution in [-0.2, 0) is 64.1 Å². The molecular weight excluding hydrogens is 599 g/mol. The second-order valence-electron chi connectivity index (χ2n) is 6.96. The number of cyclic esters (lactones) is 2.